The zero-order valence-electron chi connectivity index (χ0n) is 21.9. The second kappa shape index (κ2) is 10.6. The molecule has 0 bridgehead atoms. The molecule has 1 fully saturated rings. The number of nitrogens with zero attached hydrogens (tertiary/aromatic N) is 3. The van der Waals surface area contributed by atoms with Gasteiger partial charge in [-0.3, -0.25) is 14.6 Å². The van der Waals surface area contributed by atoms with E-state index in [4.69, 9.17) is 4.98 Å². The van der Waals surface area contributed by atoms with Crippen molar-refractivity contribution in [3.8, 4) is 28.0 Å². The van der Waals surface area contributed by atoms with Crippen LogP contribution in [0.25, 0.3) is 33.2 Å². The molecule has 4 aromatic rings. The van der Waals surface area contributed by atoms with Crippen LogP contribution in [0.1, 0.15) is 33.6 Å². The zero-order chi connectivity index (χ0) is 26.8. The summed E-state index contributed by atoms with van der Waals surface area (Å²) in [6.07, 6.45) is 3.87. The molecule has 1 aromatic heterocycles. The highest BCUT2D eigenvalue weighted by molar-refractivity contribution is 6.12. The molecule has 0 aliphatic carbocycles. The lowest BCUT2D eigenvalue weighted by Crippen LogP contribution is -2.38. The Hall–Kier alpha value is -4.23. The monoisotopic (exact) mass is 508 g/mol. The summed E-state index contributed by atoms with van der Waals surface area (Å²) in [5, 5.41) is 14.2. The SMILES string of the molecule is CN(C)C(=O)c1cccc(-c2cnc3ccc(-c4cccc(O)c4)cc3c2C(=O)N(C)C[C@@H]2CCCN2)c1. The van der Waals surface area contributed by atoms with Crippen molar-refractivity contribution < 1.29 is 14.7 Å². The van der Waals surface area contributed by atoms with Crippen LogP contribution in [-0.4, -0.2) is 72.0 Å². The molecule has 1 atom stereocenters. The van der Waals surface area contributed by atoms with Crippen molar-refractivity contribution >= 4 is 22.7 Å². The number of carbonyl (C=O) groups is 2. The molecule has 5 rings (SSSR count). The van der Waals surface area contributed by atoms with Gasteiger partial charge in [0.25, 0.3) is 11.8 Å². The Morgan fingerprint density at radius 3 is 2.45 bits per heavy atom. The van der Waals surface area contributed by atoms with Gasteiger partial charge in [0, 0.05) is 56.4 Å². The van der Waals surface area contributed by atoms with E-state index in [1.165, 1.54) is 4.90 Å². The Morgan fingerprint density at radius 1 is 0.947 bits per heavy atom. The molecule has 7 nitrogen and oxygen atoms in total. The maximum atomic E-state index is 14.1. The van der Waals surface area contributed by atoms with Crippen LogP contribution in [0.15, 0.2) is 72.9 Å². The molecule has 7 heteroatoms. The summed E-state index contributed by atoms with van der Waals surface area (Å²) in [4.78, 5) is 34.8. The second-order valence-corrected chi connectivity index (χ2v) is 10.1. The number of amides is 2. The van der Waals surface area contributed by atoms with E-state index < -0.39 is 0 Å². The van der Waals surface area contributed by atoms with Gasteiger partial charge >= 0.3 is 0 Å². The van der Waals surface area contributed by atoms with Gasteiger partial charge in [0.05, 0.1) is 11.1 Å². The number of aromatic hydroxyl groups is 1. The van der Waals surface area contributed by atoms with Gasteiger partial charge in [-0.15, -0.1) is 0 Å². The molecule has 0 radical (unpaired) electrons. The van der Waals surface area contributed by atoms with E-state index in [0.29, 0.717) is 28.8 Å². The van der Waals surface area contributed by atoms with Crippen LogP contribution in [0.3, 0.4) is 0 Å². The standard InChI is InChI=1S/C31H32N4O3/c1-34(2)30(37)23-9-4-8-22(15-23)27-18-33-28-13-12-21(20-7-5-11-25(36)16-20)17-26(28)29(27)31(38)35(3)19-24-10-6-14-32-24/h4-5,7-9,11-13,15-18,24,32,36H,6,10,14,19H2,1-3H3/t24-/m0/s1. The van der Waals surface area contributed by atoms with Gasteiger partial charge in [0.1, 0.15) is 5.75 Å². The number of phenolic OH excluding ortho intramolecular Hbond substituents is 1. The second-order valence-electron chi connectivity index (χ2n) is 10.1. The van der Waals surface area contributed by atoms with Crippen molar-refractivity contribution in [1.82, 2.24) is 20.1 Å². The summed E-state index contributed by atoms with van der Waals surface area (Å²) in [5.41, 5.74) is 4.94. The molecule has 38 heavy (non-hydrogen) atoms. The van der Waals surface area contributed by atoms with Crippen molar-refractivity contribution in [2.75, 3.05) is 34.2 Å². The predicted octanol–water partition coefficient (Wildman–Crippen LogP) is 4.80. The Balaban J connectivity index is 1.68. The lowest BCUT2D eigenvalue weighted by atomic mass is 9.93. The Bertz CT molecular complexity index is 1510. The topological polar surface area (TPSA) is 85.8 Å². The third-order valence-electron chi connectivity index (χ3n) is 7.09. The van der Waals surface area contributed by atoms with E-state index >= 15 is 0 Å². The number of aromatic nitrogens is 1. The molecule has 3 aromatic carbocycles. The number of hydrogen-bond acceptors (Lipinski definition) is 5. The first-order valence-corrected chi connectivity index (χ1v) is 12.8. The smallest absolute Gasteiger partial charge is 0.255 e. The number of nitrogens with one attached hydrogen (secondary N) is 1. The third kappa shape index (κ3) is 5.10. The van der Waals surface area contributed by atoms with E-state index in [9.17, 15) is 14.7 Å². The molecular formula is C31H32N4O3. The first-order valence-electron chi connectivity index (χ1n) is 12.8. The van der Waals surface area contributed by atoms with Crippen LogP contribution < -0.4 is 5.32 Å². The maximum Gasteiger partial charge on any atom is 0.255 e. The highest BCUT2D eigenvalue weighted by Gasteiger charge is 2.25. The minimum Gasteiger partial charge on any atom is -0.508 e. The number of hydrogen-bond donors (Lipinski definition) is 2. The normalized spacial score (nSPS) is 15.0. The number of likely N-dealkylation sites (N-methyl/N-ethyl adjacent to an activating group) is 1. The van der Waals surface area contributed by atoms with Crippen LogP contribution in [0, 0.1) is 0 Å². The Labute approximate surface area is 222 Å². The van der Waals surface area contributed by atoms with Crippen LogP contribution in [-0.2, 0) is 0 Å². The third-order valence-corrected chi connectivity index (χ3v) is 7.09. The lowest BCUT2D eigenvalue weighted by molar-refractivity contribution is 0.0785. The molecule has 2 amide bonds. The van der Waals surface area contributed by atoms with Gasteiger partial charge in [-0.25, -0.2) is 0 Å². The fourth-order valence-electron chi connectivity index (χ4n) is 5.10. The van der Waals surface area contributed by atoms with E-state index in [1.54, 1.807) is 49.5 Å². The Morgan fingerprint density at radius 2 is 1.71 bits per heavy atom. The van der Waals surface area contributed by atoms with Crippen molar-refractivity contribution in [1.29, 1.82) is 0 Å². The highest BCUT2D eigenvalue weighted by Crippen LogP contribution is 2.34. The largest absolute Gasteiger partial charge is 0.508 e. The molecule has 2 N–H and O–H groups in total. The molecule has 0 spiro atoms. The van der Waals surface area contributed by atoms with Crippen molar-refractivity contribution in [2.24, 2.45) is 0 Å². The van der Waals surface area contributed by atoms with Gasteiger partial charge in [0.15, 0.2) is 0 Å². The number of pyridine rings is 1. The molecule has 1 aliphatic heterocycles. The van der Waals surface area contributed by atoms with E-state index in [0.717, 1.165) is 41.5 Å². The van der Waals surface area contributed by atoms with Gasteiger partial charge < -0.3 is 20.2 Å². The maximum absolute atomic E-state index is 14.1. The van der Waals surface area contributed by atoms with Gasteiger partial charge in [-0.05, 0) is 72.5 Å². The average molecular weight is 509 g/mol. The Kier molecular flexibility index (Phi) is 7.11. The summed E-state index contributed by atoms with van der Waals surface area (Å²) < 4.78 is 0. The van der Waals surface area contributed by atoms with Gasteiger partial charge in [0.2, 0.25) is 0 Å². The zero-order valence-corrected chi connectivity index (χ0v) is 21.9. The molecule has 0 unspecified atom stereocenters. The van der Waals surface area contributed by atoms with E-state index in [-0.39, 0.29) is 23.6 Å². The first-order chi connectivity index (χ1) is 18.3. The highest BCUT2D eigenvalue weighted by atomic mass is 16.3. The summed E-state index contributed by atoms with van der Waals surface area (Å²) in [5.74, 6) is -0.0282. The van der Waals surface area contributed by atoms with Crippen molar-refractivity contribution in [3.05, 3.63) is 84.1 Å². The summed E-state index contributed by atoms with van der Waals surface area (Å²) >= 11 is 0. The van der Waals surface area contributed by atoms with Crippen LogP contribution >= 0.6 is 0 Å². The summed E-state index contributed by atoms with van der Waals surface area (Å²) in [6.45, 7) is 1.57. The summed E-state index contributed by atoms with van der Waals surface area (Å²) in [6, 6.07) is 20.5. The van der Waals surface area contributed by atoms with Crippen LogP contribution in [0.2, 0.25) is 0 Å². The van der Waals surface area contributed by atoms with Gasteiger partial charge in [-0.2, -0.15) is 0 Å². The number of fused-ring (bicyclic) bond motifs is 1. The van der Waals surface area contributed by atoms with Crippen molar-refractivity contribution in [3.63, 3.8) is 0 Å². The molecule has 2 heterocycles. The molecule has 1 saturated heterocycles. The van der Waals surface area contributed by atoms with E-state index in [1.807, 2.05) is 49.5 Å². The quantitative estimate of drug-likeness (QED) is 0.391. The number of carbonyl (C=O) groups excluding carboxylic acids is 2. The average Bonchev–Trinajstić information content (AvgIpc) is 3.44. The first kappa shape index (κ1) is 25.4. The predicted molar refractivity (Wildman–Crippen MR) is 150 cm³/mol. The van der Waals surface area contributed by atoms with Gasteiger partial charge in [-0.1, -0.05) is 30.3 Å². The number of benzene rings is 3. The van der Waals surface area contributed by atoms with Crippen LogP contribution in [0.4, 0.5) is 0 Å². The lowest BCUT2D eigenvalue weighted by Gasteiger charge is -2.24. The minimum atomic E-state index is -0.107. The van der Waals surface area contributed by atoms with Crippen molar-refractivity contribution in [2.45, 2.75) is 18.9 Å². The molecule has 194 valence electrons. The summed E-state index contributed by atoms with van der Waals surface area (Å²) in [7, 11) is 5.27. The fourth-order valence-corrected chi connectivity index (χ4v) is 5.10. The van der Waals surface area contributed by atoms with E-state index in [2.05, 4.69) is 5.32 Å². The number of rotatable bonds is 6. The molecule has 0 saturated carbocycles. The number of phenols is 1. The van der Waals surface area contributed by atoms with Crippen LogP contribution in [0.5, 0.6) is 5.75 Å². The molecular weight excluding hydrogens is 476 g/mol. The fraction of sp³-hybridized carbons (Fsp3) is 0.258. The minimum absolute atomic E-state index is 0.0986. The molecule has 1 aliphatic rings.